The van der Waals surface area contributed by atoms with Crippen LogP contribution in [0.4, 0.5) is 5.82 Å². The fourth-order valence-electron chi connectivity index (χ4n) is 3.94. The molecule has 0 unspecified atom stereocenters. The SMILES string of the molecule is C=Cc1cnc(Cl)c(Cl)c1.C=Cc1cnc(N2CCN(B(C)O)CC2)c(Cl)c1.CB(O)N1CCCCC1. The number of pyridine rings is 2. The maximum absolute atomic E-state index is 9.51. The summed E-state index contributed by atoms with van der Waals surface area (Å²) in [6, 6.07) is 3.59. The minimum absolute atomic E-state index is 0.231. The molecule has 2 aromatic rings. The average Bonchev–Trinajstić information content (AvgIpc) is 2.91. The van der Waals surface area contributed by atoms with E-state index in [1.807, 2.05) is 17.7 Å². The number of hydrogen-bond donors (Lipinski definition) is 2. The molecule has 0 bridgehead atoms. The second kappa shape index (κ2) is 16.4. The van der Waals surface area contributed by atoms with Crippen molar-refractivity contribution in [3.8, 4) is 0 Å². The number of anilines is 1. The van der Waals surface area contributed by atoms with Gasteiger partial charge in [-0.2, -0.15) is 0 Å². The Morgan fingerprint density at radius 1 is 0.757 bits per heavy atom. The zero-order valence-electron chi connectivity index (χ0n) is 21.7. The van der Waals surface area contributed by atoms with Gasteiger partial charge in [-0.3, -0.25) is 0 Å². The molecule has 0 aromatic carbocycles. The molecule has 200 valence electrons. The zero-order valence-corrected chi connectivity index (χ0v) is 23.9. The van der Waals surface area contributed by atoms with Gasteiger partial charge in [0, 0.05) is 38.6 Å². The van der Waals surface area contributed by atoms with E-state index in [1.54, 1.807) is 37.4 Å². The number of piperidine rings is 1. The lowest BCUT2D eigenvalue weighted by Gasteiger charge is -2.36. The summed E-state index contributed by atoms with van der Waals surface area (Å²) in [5.41, 5.74) is 1.79. The van der Waals surface area contributed by atoms with Crippen molar-refractivity contribution in [1.29, 1.82) is 0 Å². The third kappa shape index (κ3) is 10.6. The van der Waals surface area contributed by atoms with Gasteiger partial charge in [-0.1, -0.05) is 66.5 Å². The summed E-state index contributed by atoms with van der Waals surface area (Å²) >= 11 is 17.4. The van der Waals surface area contributed by atoms with Gasteiger partial charge >= 0.3 is 14.1 Å². The molecule has 0 amide bonds. The molecule has 2 aliphatic heterocycles. The van der Waals surface area contributed by atoms with E-state index >= 15 is 0 Å². The van der Waals surface area contributed by atoms with E-state index in [2.05, 4.69) is 32.8 Å². The van der Waals surface area contributed by atoms with E-state index in [9.17, 15) is 5.02 Å². The molecular formula is C25H36B2Cl3N5O2. The van der Waals surface area contributed by atoms with Crippen molar-refractivity contribution in [2.75, 3.05) is 44.2 Å². The molecule has 2 aliphatic rings. The number of halogens is 3. The molecular weight excluding hydrogens is 530 g/mol. The van der Waals surface area contributed by atoms with Crippen LogP contribution in [0.1, 0.15) is 30.4 Å². The molecule has 2 saturated heterocycles. The van der Waals surface area contributed by atoms with E-state index < -0.39 is 7.05 Å². The van der Waals surface area contributed by atoms with Gasteiger partial charge < -0.3 is 24.6 Å². The third-order valence-corrected chi connectivity index (χ3v) is 7.16. The average molecular weight is 567 g/mol. The van der Waals surface area contributed by atoms with Crippen LogP contribution >= 0.6 is 34.8 Å². The van der Waals surface area contributed by atoms with Crippen LogP contribution in [0.5, 0.6) is 0 Å². The molecule has 2 aromatic heterocycles. The van der Waals surface area contributed by atoms with E-state index in [0.717, 1.165) is 56.2 Å². The Hall–Kier alpha value is -1.58. The molecule has 0 atom stereocenters. The van der Waals surface area contributed by atoms with Gasteiger partial charge in [-0.15, -0.1) is 0 Å². The topological polar surface area (TPSA) is 76.0 Å². The lowest BCUT2D eigenvalue weighted by molar-refractivity contribution is 0.311. The van der Waals surface area contributed by atoms with Gasteiger partial charge in [0.05, 0.1) is 10.0 Å². The summed E-state index contributed by atoms with van der Waals surface area (Å²) in [6.07, 6.45) is 10.6. The number of piperazine rings is 1. The van der Waals surface area contributed by atoms with Crippen LogP contribution in [-0.4, -0.2) is 83.0 Å². The Morgan fingerprint density at radius 2 is 1.24 bits per heavy atom. The number of nitrogens with zero attached hydrogens (tertiary/aromatic N) is 5. The second-order valence-electron chi connectivity index (χ2n) is 8.91. The molecule has 7 nitrogen and oxygen atoms in total. The molecule has 12 heteroatoms. The zero-order chi connectivity index (χ0) is 27.4. The Balaban J connectivity index is 0.000000214. The lowest BCUT2D eigenvalue weighted by atomic mass is 9.83. The first kappa shape index (κ1) is 31.6. The Morgan fingerprint density at radius 3 is 1.68 bits per heavy atom. The monoisotopic (exact) mass is 565 g/mol. The summed E-state index contributed by atoms with van der Waals surface area (Å²) in [4.78, 5) is 14.5. The third-order valence-electron chi connectivity index (χ3n) is 6.19. The van der Waals surface area contributed by atoms with E-state index in [0.29, 0.717) is 15.2 Å². The van der Waals surface area contributed by atoms with E-state index in [1.165, 1.54) is 19.3 Å². The summed E-state index contributed by atoms with van der Waals surface area (Å²) < 4.78 is 0. The standard InChI is InChI=1S/C12H17BClN3O.C7H5Cl2N.C6H14BNO/c1-3-10-8-11(14)12(15-9-10)16-4-6-17(7-5-16)13(2)18;1-2-5-3-6(8)7(9)10-4-5;1-7(9)8-5-3-2-4-6-8/h3,8-9,18H,1,4-7H2,2H3;2-4H,1H2;9H,2-6H2,1H3. The first-order valence-electron chi connectivity index (χ1n) is 12.5. The largest absolute Gasteiger partial charge is 0.437 e. The normalized spacial score (nSPS) is 16.0. The maximum atomic E-state index is 9.51. The summed E-state index contributed by atoms with van der Waals surface area (Å²) in [5, 5.41) is 20.0. The van der Waals surface area contributed by atoms with Crippen molar-refractivity contribution in [2.45, 2.75) is 32.9 Å². The van der Waals surface area contributed by atoms with Crippen LogP contribution in [0.25, 0.3) is 12.2 Å². The number of rotatable bonds is 5. The number of hydrogen-bond acceptors (Lipinski definition) is 7. The molecule has 4 heterocycles. The highest BCUT2D eigenvalue weighted by Gasteiger charge is 2.24. The van der Waals surface area contributed by atoms with Crippen molar-refractivity contribution in [3.63, 3.8) is 0 Å². The van der Waals surface area contributed by atoms with Crippen LogP contribution in [0.2, 0.25) is 28.8 Å². The van der Waals surface area contributed by atoms with Crippen LogP contribution < -0.4 is 4.90 Å². The van der Waals surface area contributed by atoms with Crippen LogP contribution in [0.3, 0.4) is 0 Å². The maximum Gasteiger partial charge on any atom is 0.376 e. The van der Waals surface area contributed by atoms with Crippen LogP contribution in [0.15, 0.2) is 37.7 Å². The number of aromatic nitrogens is 2. The molecule has 4 rings (SSSR count). The first-order chi connectivity index (χ1) is 17.7. The van der Waals surface area contributed by atoms with Crippen molar-refractivity contribution in [2.24, 2.45) is 0 Å². The minimum atomic E-state index is -0.390. The van der Waals surface area contributed by atoms with Crippen molar-refractivity contribution >= 4 is 66.9 Å². The fourth-order valence-corrected chi connectivity index (χ4v) is 4.51. The Kier molecular flexibility index (Phi) is 14.0. The first-order valence-corrected chi connectivity index (χ1v) is 13.6. The van der Waals surface area contributed by atoms with Crippen LogP contribution in [0, 0.1) is 0 Å². The highest BCUT2D eigenvalue weighted by Crippen LogP contribution is 2.25. The van der Waals surface area contributed by atoms with E-state index in [-0.39, 0.29) is 7.05 Å². The predicted octanol–water partition coefficient (Wildman–Crippen LogP) is 5.22. The second-order valence-corrected chi connectivity index (χ2v) is 10.1. The molecule has 0 radical (unpaired) electrons. The smallest absolute Gasteiger partial charge is 0.376 e. The molecule has 0 saturated carbocycles. The highest BCUT2D eigenvalue weighted by molar-refractivity contribution is 6.45. The molecule has 37 heavy (non-hydrogen) atoms. The van der Waals surface area contributed by atoms with Crippen molar-refractivity contribution in [1.82, 2.24) is 19.6 Å². The molecule has 2 N–H and O–H groups in total. The van der Waals surface area contributed by atoms with Gasteiger partial charge in [0.1, 0.15) is 11.0 Å². The minimum Gasteiger partial charge on any atom is -0.437 e. The quantitative estimate of drug-likeness (QED) is 0.380. The van der Waals surface area contributed by atoms with Gasteiger partial charge in [-0.25, -0.2) is 9.97 Å². The summed E-state index contributed by atoms with van der Waals surface area (Å²) in [6.45, 7) is 16.3. The summed E-state index contributed by atoms with van der Waals surface area (Å²) in [7, 11) is -0.621. The molecule has 2 fully saturated rings. The Labute approximate surface area is 237 Å². The predicted molar refractivity (Wildman–Crippen MR) is 161 cm³/mol. The van der Waals surface area contributed by atoms with Crippen LogP contribution in [-0.2, 0) is 0 Å². The molecule has 0 spiro atoms. The van der Waals surface area contributed by atoms with Gasteiger partial charge in [-0.05, 0) is 62.8 Å². The van der Waals surface area contributed by atoms with Crippen molar-refractivity contribution in [3.05, 3.63) is 64.0 Å². The summed E-state index contributed by atoms with van der Waals surface area (Å²) in [5.74, 6) is 0.813. The van der Waals surface area contributed by atoms with Gasteiger partial charge in [0.15, 0.2) is 0 Å². The van der Waals surface area contributed by atoms with Crippen molar-refractivity contribution < 1.29 is 10.0 Å². The lowest BCUT2D eigenvalue weighted by Crippen LogP contribution is -2.51. The van der Waals surface area contributed by atoms with Gasteiger partial charge in [0.25, 0.3) is 0 Å². The molecule has 0 aliphatic carbocycles. The highest BCUT2D eigenvalue weighted by atomic mass is 35.5. The van der Waals surface area contributed by atoms with E-state index in [4.69, 9.17) is 39.8 Å². The van der Waals surface area contributed by atoms with Gasteiger partial charge in [0.2, 0.25) is 0 Å². The fraction of sp³-hybridized carbons (Fsp3) is 0.440. The Bertz CT molecular complexity index is 1000.